The average Bonchev–Trinajstić information content (AvgIpc) is 3.53. The zero-order valence-electron chi connectivity index (χ0n) is 26.1. The van der Waals surface area contributed by atoms with Crippen LogP contribution in [0.5, 0.6) is 0 Å². The van der Waals surface area contributed by atoms with E-state index in [1.165, 1.54) is 71.1 Å². The third kappa shape index (κ3) is 4.67. The first-order valence-corrected chi connectivity index (χ1v) is 19.1. The molecule has 1 fully saturated rings. The molecular weight excluding hydrogens is 619 g/mol. The first kappa shape index (κ1) is 31.2. The fourth-order valence-corrected chi connectivity index (χ4v) is 18.9. The van der Waals surface area contributed by atoms with Crippen LogP contribution in [0.1, 0.15) is 121 Å². The number of allylic oxidation sites excluding steroid dienone is 8. The predicted molar refractivity (Wildman–Crippen MR) is 166 cm³/mol. The maximum atomic E-state index is 2.64. The summed E-state index contributed by atoms with van der Waals surface area (Å²) in [5.41, 5.74) is 17.1. The Morgan fingerprint density at radius 3 is 1.98 bits per heavy atom. The van der Waals surface area contributed by atoms with Gasteiger partial charge in [0.15, 0.2) is 0 Å². The quantitative estimate of drug-likeness (QED) is 0.386. The molecular formula is C38H44Cl2Zr. The van der Waals surface area contributed by atoms with Crippen molar-refractivity contribution in [3.63, 3.8) is 0 Å². The Bertz CT molecular complexity index is 1630. The van der Waals surface area contributed by atoms with E-state index in [0.29, 0.717) is 5.92 Å². The van der Waals surface area contributed by atoms with Gasteiger partial charge in [0.2, 0.25) is 0 Å². The molecule has 214 valence electrons. The number of fused-ring (bicyclic) bond motifs is 5. The third-order valence-electron chi connectivity index (χ3n) is 10.7. The van der Waals surface area contributed by atoms with Gasteiger partial charge in [0.25, 0.3) is 0 Å². The Balaban J connectivity index is 0.00000169. The van der Waals surface area contributed by atoms with Gasteiger partial charge >= 0.3 is 245 Å². The van der Waals surface area contributed by atoms with Gasteiger partial charge in [0.1, 0.15) is 0 Å². The molecule has 41 heavy (non-hydrogen) atoms. The van der Waals surface area contributed by atoms with Gasteiger partial charge in [-0.15, -0.1) is 0 Å². The van der Waals surface area contributed by atoms with Gasteiger partial charge in [0, 0.05) is 0 Å². The van der Waals surface area contributed by atoms with Gasteiger partial charge in [-0.05, 0) is 0 Å². The van der Waals surface area contributed by atoms with Crippen LogP contribution in [0, 0.1) is 5.92 Å². The summed E-state index contributed by atoms with van der Waals surface area (Å²) < 4.78 is 5.73. The predicted octanol–water partition coefficient (Wildman–Crippen LogP) is 4.22. The molecule has 1 saturated carbocycles. The van der Waals surface area contributed by atoms with Gasteiger partial charge in [-0.3, -0.25) is 0 Å². The third-order valence-corrected chi connectivity index (χ3v) is 20.2. The number of benzene rings is 2. The summed E-state index contributed by atoms with van der Waals surface area (Å²) in [5, 5.41) is 0. The van der Waals surface area contributed by atoms with Crippen LogP contribution in [-0.2, 0) is 38.5 Å². The normalized spacial score (nSPS) is 22.4. The molecule has 0 saturated heterocycles. The molecule has 0 nitrogen and oxygen atoms in total. The molecule has 0 spiro atoms. The minimum absolute atomic E-state index is 0. The zero-order valence-corrected chi connectivity index (χ0v) is 30.1. The standard InChI is InChI=1S/C25H25.C7H9.C6H10.2ClH.Zr/c1-14-12-24(3,4)22-8-16-7-17-9-23-19(15(2)13-25(23,5)6)11-21(17)20(16)10-18(14)22;1-6-3-4-7(2)5-6;1-2-4-6-5-3-1;;;/h8-12H,7H2,1-6H3;3,5,7H,1-2H3;1-5H2;2*1H;/q;;;;;+2/p-2. The first-order valence-electron chi connectivity index (χ1n) is 15.4. The van der Waals surface area contributed by atoms with E-state index in [0.717, 1.165) is 6.42 Å². The fourth-order valence-electron chi connectivity index (χ4n) is 8.87. The molecule has 0 radical (unpaired) electrons. The van der Waals surface area contributed by atoms with Crippen LogP contribution < -0.4 is 24.8 Å². The van der Waals surface area contributed by atoms with Gasteiger partial charge in [0.05, 0.1) is 0 Å². The molecule has 0 amide bonds. The molecule has 5 aliphatic rings. The smallest absolute Gasteiger partial charge is 1.00 e. The molecule has 0 N–H and O–H groups in total. The van der Waals surface area contributed by atoms with Crippen molar-refractivity contribution in [2.24, 2.45) is 5.92 Å². The summed E-state index contributed by atoms with van der Waals surface area (Å²) in [6.45, 7) is 19.5. The minimum Gasteiger partial charge on any atom is -1.00 e. The van der Waals surface area contributed by atoms with Crippen molar-refractivity contribution in [3.8, 4) is 11.1 Å². The van der Waals surface area contributed by atoms with Crippen LogP contribution in [0.2, 0.25) is 0 Å². The van der Waals surface area contributed by atoms with E-state index >= 15 is 0 Å². The van der Waals surface area contributed by atoms with Crippen molar-refractivity contribution in [1.29, 1.82) is 0 Å². The molecule has 7 rings (SSSR count). The van der Waals surface area contributed by atoms with Crippen molar-refractivity contribution >= 4 is 14.4 Å². The number of halogens is 2. The van der Waals surface area contributed by atoms with E-state index in [4.69, 9.17) is 0 Å². The van der Waals surface area contributed by atoms with Crippen LogP contribution in [-0.4, -0.2) is 3.21 Å². The maximum Gasteiger partial charge on any atom is -1.00 e. The van der Waals surface area contributed by atoms with E-state index in [-0.39, 0.29) is 35.6 Å². The van der Waals surface area contributed by atoms with Gasteiger partial charge < -0.3 is 24.8 Å². The van der Waals surface area contributed by atoms with Crippen molar-refractivity contribution in [2.75, 3.05) is 0 Å². The fraction of sp³-hybridized carbons (Fsp3) is 0.447. The molecule has 1 atom stereocenters. The Kier molecular flexibility index (Phi) is 8.15. The van der Waals surface area contributed by atoms with Crippen LogP contribution in [0.25, 0.3) is 22.3 Å². The van der Waals surface area contributed by atoms with E-state index in [1.54, 1.807) is 22.3 Å². The summed E-state index contributed by atoms with van der Waals surface area (Å²) in [6, 6.07) is 10.3. The summed E-state index contributed by atoms with van der Waals surface area (Å²) in [5.74, 6) is 0.619. The Morgan fingerprint density at radius 1 is 0.756 bits per heavy atom. The Labute approximate surface area is 268 Å². The SMILES string of the molecule is CC1=CC(C)[C]([Zr+2]([C]2=C(C)c3cc4c(cc3C2(C)C)Cc2cc3c(cc2-4)C(C)=CC3(C)C)=[C]2CCCCC2)=C1.[Cl-].[Cl-]. The van der Waals surface area contributed by atoms with Gasteiger partial charge in [-0.2, -0.15) is 0 Å². The van der Waals surface area contributed by atoms with Crippen molar-refractivity contribution < 1.29 is 46.1 Å². The van der Waals surface area contributed by atoms with Gasteiger partial charge in [-0.25, -0.2) is 0 Å². The number of hydrogen-bond acceptors (Lipinski definition) is 0. The zero-order chi connectivity index (χ0) is 27.4. The molecule has 3 heteroatoms. The largest absolute Gasteiger partial charge is 1.00 e. The first-order chi connectivity index (χ1) is 18.5. The molecule has 0 aliphatic heterocycles. The molecule has 1 unspecified atom stereocenters. The van der Waals surface area contributed by atoms with Crippen LogP contribution in [0.3, 0.4) is 0 Å². The van der Waals surface area contributed by atoms with Crippen molar-refractivity contribution in [2.45, 2.75) is 105 Å². The molecule has 5 aliphatic carbocycles. The number of rotatable bonds is 2. The molecule has 0 heterocycles. The second kappa shape index (κ2) is 10.7. The second-order valence-electron chi connectivity index (χ2n) is 14.3. The molecule has 0 aromatic heterocycles. The minimum atomic E-state index is -2.20. The molecule has 2 aromatic carbocycles. The van der Waals surface area contributed by atoms with E-state index in [9.17, 15) is 0 Å². The van der Waals surface area contributed by atoms with E-state index in [2.05, 4.69) is 97.9 Å². The number of hydrogen-bond donors (Lipinski definition) is 0. The second-order valence-corrected chi connectivity index (χ2v) is 20.5. The maximum absolute atomic E-state index is 2.64. The van der Waals surface area contributed by atoms with Gasteiger partial charge in [-0.1, -0.05) is 0 Å². The van der Waals surface area contributed by atoms with Crippen LogP contribution >= 0.6 is 0 Å². The van der Waals surface area contributed by atoms with E-state index in [1.807, 2.05) is 9.77 Å². The molecule has 2 aromatic rings. The average molecular weight is 663 g/mol. The van der Waals surface area contributed by atoms with E-state index < -0.39 is 21.3 Å². The Morgan fingerprint density at radius 2 is 1.37 bits per heavy atom. The topological polar surface area (TPSA) is 0 Å². The Hall–Kier alpha value is -1.27. The van der Waals surface area contributed by atoms with Crippen LogP contribution in [0.4, 0.5) is 0 Å². The van der Waals surface area contributed by atoms with Crippen molar-refractivity contribution in [3.05, 3.63) is 88.0 Å². The summed E-state index contributed by atoms with van der Waals surface area (Å²) in [6.07, 6.45) is 15.7. The van der Waals surface area contributed by atoms with Crippen molar-refractivity contribution in [1.82, 2.24) is 0 Å². The summed E-state index contributed by atoms with van der Waals surface area (Å²) in [4.78, 5) is 0. The molecule has 0 bridgehead atoms. The summed E-state index contributed by atoms with van der Waals surface area (Å²) in [7, 11) is 0. The monoisotopic (exact) mass is 660 g/mol. The van der Waals surface area contributed by atoms with Crippen LogP contribution in [0.15, 0.2) is 54.6 Å². The summed E-state index contributed by atoms with van der Waals surface area (Å²) >= 11 is -2.20.